The molecular formula is C23H20FN5O3. The summed E-state index contributed by atoms with van der Waals surface area (Å²) < 4.78 is 25.1. The number of nitrogens with zero attached hydrogens (tertiary/aromatic N) is 4. The van der Waals surface area contributed by atoms with Crippen LogP contribution in [0.15, 0.2) is 48.7 Å². The van der Waals surface area contributed by atoms with E-state index in [1.165, 1.54) is 13.2 Å². The lowest BCUT2D eigenvalue weighted by atomic mass is 10.1. The molecule has 1 aliphatic rings. The Hall–Kier alpha value is -3.85. The molecule has 1 N–H and O–H groups in total. The lowest BCUT2D eigenvalue weighted by Crippen LogP contribution is -2.40. The summed E-state index contributed by atoms with van der Waals surface area (Å²) in [5.74, 6) is 0.0531. The number of carbonyl (C=O) groups excluding carboxylic acids is 1. The first-order valence-electron chi connectivity index (χ1n) is 10.2. The number of ether oxygens (including phenoxy) is 2. The summed E-state index contributed by atoms with van der Waals surface area (Å²) in [6, 6.07) is 11.8. The highest BCUT2D eigenvalue weighted by atomic mass is 19.1. The van der Waals surface area contributed by atoms with Crippen LogP contribution in [0, 0.1) is 5.82 Å². The van der Waals surface area contributed by atoms with Crippen molar-refractivity contribution in [1.82, 2.24) is 25.1 Å². The molecule has 0 saturated carbocycles. The average Bonchev–Trinajstić information content (AvgIpc) is 3.27. The number of hydrogen-bond acceptors (Lipinski definition) is 6. The number of carbonyl (C=O) groups is 1. The van der Waals surface area contributed by atoms with Crippen LogP contribution in [-0.4, -0.2) is 64.4 Å². The minimum Gasteiger partial charge on any atom is -0.496 e. The van der Waals surface area contributed by atoms with E-state index in [1.54, 1.807) is 35.4 Å². The Morgan fingerprint density at radius 2 is 1.94 bits per heavy atom. The highest BCUT2D eigenvalue weighted by Gasteiger charge is 2.20. The highest BCUT2D eigenvalue weighted by molar-refractivity contribution is 5.96. The number of hydrogen-bond donors (Lipinski definition) is 1. The minimum absolute atomic E-state index is 0.0250. The second kappa shape index (κ2) is 8.35. The number of fused-ring (bicyclic) bond motifs is 1. The Kier molecular flexibility index (Phi) is 5.24. The van der Waals surface area contributed by atoms with Crippen LogP contribution in [-0.2, 0) is 4.74 Å². The smallest absolute Gasteiger partial charge is 0.254 e. The standard InChI is InChI=1S/C23H20FN5O3/c1-31-18-4-2-3-16(24)19(18)22-25-13-17-21(26-22)20(28-27-17)14-5-7-15(8-6-14)23(30)29-9-11-32-12-10-29/h2-8,13H,9-12H2,1H3,(H,27,28). The molecule has 1 saturated heterocycles. The van der Waals surface area contributed by atoms with E-state index in [1.807, 2.05) is 12.1 Å². The van der Waals surface area contributed by atoms with Crippen molar-refractivity contribution in [3.63, 3.8) is 0 Å². The fourth-order valence-corrected chi connectivity index (χ4v) is 3.75. The van der Waals surface area contributed by atoms with E-state index in [0.717, 1.165) is 5.56 Å². The zero-order chi connectivity index (χ0) is 22.1. The number of halogens is 1. The second-order valence-electron chi connectivity index (χ2n) is 7.33. The van der Waals surface area contributed by atoms with Crippen molar-refractivity contribution < 1.29 is 18.7 Å². The summed E-state index contributed by atoms with van der Waals surface area (Å²) in [6.07, 6.45) is 1.57. The highest BCUT2D eigenvalue weighted by Crippen LogP contribution is 2.32. The first-order valence-corrected chi connectivity index (χ1v) is 10.2. The third-order valence-electron chi connectivity index (χ3n) is 5.42. The van der Waals surface area contributed by atoms with Gasteiger partial charge in [-0.25, -0.2) is 14.4 Å². The Bertz CT molecular complexity index is 1280. The van der Waals surface area contributed by atoms with E-state index in [4.69, 9.17) is 9.47 Å². The quantitative estimate of drug-likeness (QED) is 0.531. The molecule has 0 atom stereocenters. The van der Waals surface area contributed by atoms with E-state index in [0.29, 0.717) is 54.3 Å². The molecule has 4 aromatic rings. The largest absolute Gasteiger partial charge is 0.496 e. The minimum atomic E-state index is -0.472. The first kappa shape index (κ1) is 20.1. The van der Waals surface area contributed by atoms with Crippen LogP contribution >= 0.6 is 0 Å². The molecule has 2 aromatic carbocycles. The van der Waals surface area contributed by atoms with Gasteiger partial charge in [0.1, 0.15) is 28.3 Å². The van der Waals surface area contributed by atoms with Gasteiger partial charge in [0.25, 0.3) is 5.91 Å². The molecule has 0 radical (unpaired) electrons. The SMILES string of the molecule is COc1cccc(F)c1-c1ncc2[nH]nc(-c3ccc(C(=O)N4CCOCC4)cc3)c2n1. The van der Waals surface area contributed by atoms with E-state index in [2.05, 4.69) is 20.2 Å². The zero-order valence-corrected chi connectivity index (χ0v) is 17.3. The summed E-state index contributed by atoms with van der Waals surface area (Å²) >= 11 is 0. The molecule has 1 amide bonds. The predicted octanol–water partition coefficient (Wildman–Crippen LogP) is 3.31. The zero-order valence-electron chi connectivity index (χ0n) is 17.3. The molecule has 8 nitrogen and oxygen atoms in total. The molecule has 0 spiro atoms. The molecule has 3 heterocycles. The molecular weight excluding hydrogens is 413 g/mol. The van der Waals surface area contributed by atoms with Gasteiger partial charge in [0, 0.05) is 24.2 Å². The molecule has 1 fully saturated rings. The summed E-state index contributed by atoms with van der Waals surface area (Å²) in [5.41, 5.74) is 3.32. The van der Waals surface area contributed by atoms with Crippen molar-refractivity contribution in [2.24, 2.45) is 0 Å². The fourth-order valence-electron chi connectivity index (χ4n) is 3.75. The topological polar surface area (TPSA) is 93.2 Å². The molecule has 1 aliphatic heterocycles. The van der Waals surface area contributed by atoms with Crippen molar-refractivity contribution in [1.29, 1.82) is 0 Å². The lowest BCUT2D eigenvalue weighted by molar-refractivity contribution is 0.0303. The number of methoxy groups -OCH3 is 1. The molecule has 162 valence electrons. The van der Waals surface area contributed by atoms with Gasteiger partial charge in [-0.05, 0) is 24.3 Å². The number of benzene rings is 2. The van der Waals surface area contributed by atoms with Crippen LogP contribution < -0.4 is 4.74 Å². The fraction of sp³-hybridized carbons (Fsp3) is 0.217. The molecule has 0 unspecified atom stereocenters. The first-order chi connectivity index (χ1) is 15.7. The van der Waals surface area contributed by atoms with Crippen LogP contribution in [0.2, 0.25) is 0 Å². The Morgan fingerprint density at radius 1 is 1.16 bits per heavy atom. The van der Waals surface area contributed by atoms with Gasteiger partial charge in [0.05, 0.1) is 32.1 Å². The molecule has 0 bridgehead atoms. The average molecular weight is 433 g/mol. The van der Waals surface area contributed by atoms with Crippen molar-refractivity contribution in [2.45, 2.75) is 0 Å². The predicted molar refractivity (Wildman–Crippen MR) is 116 cm³/mol. The Morgan fingerprint density at radius 3 is 2.69 bits per heavy atom. The van der Waals surface area contributed by atoms with E-state index < -0.39 is 5.82 Å². The number of rotatable bonds is 4. The van der Waals surface area contributed by atoms with Gasteiger partial charge in [-0.1, -0.05) is 18.2 Å². The second-order valence-corrected chi connectivity index (χ2v) is 7.33. The number of nitrogens with one attached hydrogen (secondary N) is 1. The van der Waals surface area contributed by atoms with Gasteiger partial charge in [0.2, 0.25) is 0 Å². The van der Waals surface area contributed by atoms with Crippen molar-refractivity contribution >= 4 is 16.9 Å². The van der Waals surface area contributed by atoms with Crippen LogP contribution in [0.4, 0.5) is 4.39 Å². The third kappa shape index (κ3) is 3.56. The number of morpholine rings is 1. The Labute approximate surface area is 183 Å². The van der Waals surface area contributed by atoms with Gasteiger partial charge >= 0.3 is 0 Å². The maximum absolute atomic E-state index is 14.5. The third-order valence-corrected chi connectivity index (χ3v) is 5.42. The normalized spacial score (nSPS) is 14.0. The van der Waals surface area contributed by atoms with Crippen molar-refractivity contribution in [2.75, 3.05) is 33.4 Å². The summed E-state index contributed by atoms with van der Waals surface area (Å²) in [4.78, 5) is 23.3. The molecule has 9 heteroatoms. The Balaban J connectivity index is 1.50. The molecule has 5 rings (SSSR count). The molecule has 32 heavy (non-hydrogen) atoms. The van der Waals surface area contributed by atoms with Crippen LogP contribution in [0.1, 0.15) is 10.4 Å². The monoisotopic (exact) mass is 433 g/mol. The molecule has 0 aliphatic carbocycles. The summed E-state index contributed by atoms with van der Waals surface area (Å²) in [5, 5.41) is 7.27. The maximum atomic E-state index is 14.5. The van der Waals surface area contributed by atoms with E-state index in [9.17, 15) is 9.18 Å². The summed E-state index contributed by atoms with van der Waals surface area (Å²) in [6.45, 7) is 2.28. The van der Waals surface area contributed by atoms with Gasteiger partial charge in [0.15, 0.2) is 5.82 Å². The van der Waals surface area contributed by atoms with Gasteiger partial charge in [-0.15, -0.1) is 0 Å². The van der Waals surface area contributed by atoms with Gasteiger partial charge in [-0.2, -0.15) is 5.10 Å². The van der Waals surface area contributed by atoms with Crippen molar-refractivity contribution in [3.05, 3.63) is 60.0 Å². The van der Waals surface area contributed by atoms with Gasteiger partial charge in [-0.3, -0.25) is 9.89 Å². The number of H-pyrrole nitrogens is 1. The van der Waals surface area contributed by atoms with Crippen LogP contribution in [0.5, 0.6) is 5.75 Å². The number of aromatic nitrogens is 4. The van der Waals surface area contributed by atoms with Crippen LogP contribution in [0.3, 0.4) is 0 Å². The van der Waals surface area contributed by atoms with E-state index >= 15 is 0 Å². The van der Waals surface area contributed by atoms with Crippen molar-refractivity contribution in [3.8, 4) is 28.4 Å². The van der Waals surface area contributed by atoms with Crippen LogP contribution in [0.25, 0.3) is 33.7 Å². The van der Waals surface area contributed by atoms with E-state index in [-0.39, 0.29) is 17.3 Å². The molecule has 2 aromatic heterocycles. The maximum Gasteiger partial charge on any atom is 0.254 e. The number of amides is 1. The summed E-state index contributed by atoms with van der Waals surface area (Å²) in [7, 11) is 1.47. The lowest BCUT2D eigenvalue weighted by Gasteiger charge is -2.26. The van der Waals surface area contributed by atoms with Gasteiger partial charge < -0.3 is 14.4 Å². The number of aromatic amines is 1.